The lowest BCUT2D eigenvalue weighted by Gasteiger charge is -2.22. The van der Waals surface area contributed by atoms with E-state index in [1.807, 2.05) is 0 Å². The molecule has 4 aliphatic rings. The van der Waals surface area contributed by atoms with Crippen molar-refractivity contribution in [3.8, 4) is 0 Å². The summed E-state index contributed by atoms with van der Waals surface area (Å²) in [7, 11) is 0. The van der Waals surface area contributed by atoms with E-state index in [-0.39, 0.29) is 5.92 Å². The van der Waals surface area contributed by atoms with Crippen LogP contribution in [0.25, 0.3) is 0 Å². The van der Waals surface area contributed by atoms with Crippen molar-refractivity contribution in [3.05, 3.63) is 24.3 Å². The van der Waals surface area contributed by atoms with Crippen molar-refractivity contribution < 1.29 is 4.79 Å². The fraction of sp³-hybridized carbons (Fsp3) is 0.688. The Morgan fingerprint density at radius 3 is 2.22 bits per heavy atom. The molecule has 0 saturated heterocycles. The Balaban J connectivity index is 1.32. The summed E-state index contributed by atoms with van der Waals surface area (Å²) in [5.41, 5.74) is 0. The van der Waals surface area contributed by atoms with Gasteiger partial charge in [-0.1, -0.05) is 24.3 Å². The predicted octanol–water partition coefficient (Wildman–Crippen LogP) is 2.53. The van der Waals surface area contributed by atoms with Gasteiger partial charge in [-0.15, -0.1) is 0 Å². The van der Waals surface area contributed by atoms with Crippen LogP contribution in [0.3, 0.4) is 0 Å². The summed E-state index contributed by atoms with van der Waals surface area (Å²) in [4.78, 5) is 12.2. The number of nitrogens with one attached hydrogen (secondary N) is 1. The first-order chi connectivity index (χ1) is 8.79. The van der Waals surface area contributed by atoms with Crippen molar-refractivity contribution in [2.24, 2.45) is 35.5 Å². The molecule has 0 aliphatic heterocycles. The second kappa shape index (κ2) is 3.97. The first-order valence-corrected chi connectivity index (χ1v) is 7.44. The van der Waals surface area contributed by atoms with Crippen molar-refractivity contribution >= 4 is 5.91 Å². The maximum absolute atomic E-state index is 12.2. The number of carbonyl (C=O) groups is 1. The molecule has 1 N–H and O–H groups in total. The molecule has 1 amide bonds. The third-order valence-electron chi connectivity index (χ3n) is 5.57. The summed E-state index contributed by atoms with van der Waals surface area (Å²) in [5.74, 6) is 4.08. The SMILES string of the molecule is O=C(NC[C@H]1C[C@H]2C=C[C@@H]1C2)[C@@H]1C[C@@H]2C=C[C@H]1C2. The Morgan fingerprint density at radius 1 is 0.944 bits per heavy atom. The number of hydrogen-bond donors (Lipinski definition) is 1. The molecule has 2 saturated carbocycles. The molecular formula is C16H21NO. The molecule has 4 bridgehead atoms. The van der Waals surface area contributed by atoms with Gasteiger partial charge in [0.1, 0.15) is 0 Å². The highest BCUT2D eigenvalue weighted by molar-refractivity contribution is 5.80. The second-order valence-corrected chi connectivity index (χ2v) is 6.67. The predicted molar refractivity (Wildman–Crippen MR) is 70.7 cm³/mol. The van der Waals surface area contributed by atoms with Crippen LogP contribution < -0.4 is 5.32 Å². The Morgan fingerprint density at radius 2 is 1.67 bits per heavy atom. The molecule has 0 radical (unpaired) electrons. The van der Waals surface area contributed by atoms with Gasteiger partial charge in [0, 0.05) is 12.5 Å². The smallest absolute Gasteiger partial charge is 0.223 e. The molecule has 2 nitrogen and oxygen atoms in total. The standard InChI is InChI=1S/C16H21NO/c18-16(15-8-11-2-4-13(15)6-11)17-9-14-7-10-1-3-12(14)5-10/h1-4,10-15H,5-9H2,(H,17,18)/t10-,11+,12+,13-,14+,15+/m0/s1. The van der Waals surface area contributed by atoms with E-state index in [1.54, 1.807) is 0 Å². The molecule has 18 heavy (non-hydrogen) atoms. The quantitative estimate of drug-likeness (QED) is 0.758. The zero-order valence-corrected chi connectivity index (χ0v) is 10.7. The van der Waals surface area contributed by atoms with Crippen LogP contribution in [-0.2, 0) is 4.79 Å². The molecule has 2 heteroatoms. The number of amides is 1. The molecule has 2 fully saturated rings. The van der Waals surface area contributed by atoms with E-state index in [1.165, 1.54) is 19.3 Å². The van der Waals surface area contributed by atoms with Crippen LogP contribution in [0, 0.1) is 35.5 Å². The van der Waals surface area contributed by atoms with Crippen LogP contribution in [0.1, 0.15) is 25.7 Å². The van der Waals surface area contributed by atoms with Gasteiger partial charge in [0.15, 0.2) is 0 Å². The van der Waals surface area contributed by atoms with Crippen molar-refractivity contribution in [2.45, 2.75) is 25.7 Å². The molecule has 6 atom stereocenters. The van der Waals surface area contributed by atoms with Crippen LogP contribution in [0.15, 0.2) is 24.3 Å². The fourth-order valence-electron chi connectivity index (χ4n) is 4.57. The molecule has 0 unspecified atom stereocenters. The van der Waals surface area contributed by atoms with Crippen LogP contribution in [0.4, 0.5) is 0 Å². The van der Waals surface area contributed by atoms with E-state index < -0.39 is 0 Å². The van der Waals surface area contributed by atoms with Gasteiger partial charge in [0.2, 0.25) is 5.91 Å². The molecule has 0 heterocycles. The molecule has 0 aromatic carbocycles. The lowest BCUT2D eigenvalue weighted by Crippen LogP contribution is -2.36. The van der Waals surface area contributed by atoms with Crippen molar-refractivity contribution in [2.75, 3.05) is 6.54 Å². The third-order valence-corrected chi connectivity index (χ3v) is 5.57. The van der Waals surface area contributed by atoms with Crippen LogP contribution in [-0.4, -0.2) is 12.5 Å². The summed E-state index contributed by atoms with van der Waals surface area (Å²) < 4.78 is 0. The third kappa shape index (κ3) is 1.65. The number of rotatable bonds is 3. The van der Waals surface area contributed by atoms with Gasteiger partial charge >= 0.3 is 0 Å². The topological polar surface area (TPSA) is 29.1 Å². The Bertz CT molecular complexity index is 425. The Labute approximate surface area is 109 Å². The van der Waals surface area contributed by atoms with Gasteiger partial charge in [-0.05, 0) is 55.3 Å². The zero-order valence-electron chi connectivity index (χ0n) is 10.7. The minimum atomic E-state index is 0.272. The second-order valence-electron chi connectivity index (χ2n) is 6.67. The summed E-state index contributed by atoms with van der Waals surface area (Å²) in [6, 6.07) is 0. The normalized spacial score (nSPS) is 47.1. The number of allylic oxidation sites excluding steroid dienone is 4. The summed E-state index contributed by atoms with van der Waals surface area (Å²) >= 11 is 0. The van der Waals surface area contributed by atoms with Crippen molar-refractivity contribution in [3.63, 3.8) is 0 Å². The summed E-state index contributed by atoms with van der Waals surface area (Å²) in [5, 5.41) is 3.23. The average molecular weight is 243 g/mol. The minimum Gasteiger partial charge on any atom is -0.356 e. The van der Waals surface area contributed by atoms with Gasteiger partial charge in [0.25, 0.3) is 0 Å². The maximum Gasteiger partial charge on any atom is 0.223 e. The first-order valence-electron chi connectivity index (χ1n) is 7.44. The van der Waals surface area contributed by atoms with Crippen LogP contribution >= 0.6 is 0 Å². The van der Waals surface area contributed by atoms with Crippen molar-refractivity contribution in [1.82, 2.24) is 5.32 Å². The molecule has 4 aliphatic carbocycles. The number of hydrogen-bond acceptors (Lipinski definition) is 1. The highest BCUT2D eigenvalue weighted by Gasteiger charge is 2.40. The number of carbonyl (C=O) groups excluding carboxylic acids is 1. The minimum absolute atomic E-state index is 0.272. The van der Waals surface area contributed by atoms with Gasteiger partial charge in [0.05, 0.1) is 0 Å². The molecule has 0 aromatic rings. The lowest BCUT2D eigenvalue weighted by atomic mass is 9.91. The average Bonchev–Trinajstić information content (AvgIpc) is 3.13. The monoisotopic (exact) mass is 243 g/mol. The number of fused-ring (bicyclic) bond motifs is 4. The van der Waals surface area contributed by atoms with Gasteiger partial charge in [-0.3, -0.25) is 4.79 Å². The van der Waals surface area contributed by atoms with E-state index in [0.717, 1.165) is 24.8 Å². The largest absolute Gasteiger partial charge is 0.356 e. The van der Waals surface area contributed by atoms with Gasteiger partial charge < -0.3 is 5.32 Å². The van der Waals surface area contributed by atoms with E-state index in [0.29, 0.717) is 23.7 Å². The van der Waals surface area contributed by atoms with E-state index in [4.69, 9.17) is 0 Å². The summed E-state index contributed by atoms with van der Waals surface area (Å²) in [6.07, 6.45) is 14.2. The van der Waals surface area contributed by atoms with Crippen LogP contribution in [0.2, 0.25) is 0 Å². The maximum atomic E-state index is 12.2. The highest BCUT2D eigenvalue weighted by atomic mass is 16.1. The van der Waals surface area contributed by atoms with Gasteiger partial charge in [-0.2, -0.15) is 0 Å². The molecule has 0 spiro atoms. The van der Waals surface area contributed by atoms with E-state index in [9.17, 15) is 4.79 Å². The zero-order chi connectivity index (χ0) is 12.1. The Hall–Kier alpha value is -1.05. The molecule has 4 rings (SSSR count). The Kier molecular flexibility index (Phi) is 2.39. The molecule has 0 aromatic heterocycles. The summed E-state index contributed by atoms with van der Waals surface area (Å²) in [6.45, 7) is 0.905. The van der Waals surface area contributed by atoms with Crippen LogP contribution in [0.5, 0.6) is 0 Å². The fourth-order valence-corrected chi connectivity index (χ4v) is 4.57. The molecular weight excluding hydrogens is 222 g/mol. The van der Waals surface area contributed by atoms with Gasteiger partial charge in [-0.25, -0.2) is 0 Å². The van der Waals surface area contributed by atoms with E-state index >= 15 is 0 Å². The molecule has 96 valence electrons. The van der Waals surface area contributed by atoms with E-state index in [2.05, 4.69) is 29.6 Å². The van der Waals surface area contributed by atoms with Crippen molar-refractivity contribution in [1.29, 1.82) is 0 Å². The highest BCUT2D eigenvalue weighted by Crippen LogP contribution is 2.44. The first kappa shape index (κ1) is 10.8. The lowest BCUT2D eigenvalue weighted by molar-refractivity contribution is -0.125.